The zero-order valence-corrected chi connectivity index (χ0v) is 16.8. The minimum atomic E-state index is -1.82. The molecular weight excluding hydrogens is 402 g/mol. The first-order chi connectivity index (χ1) is 13.8. The van der Waals surface area contributed by atoms with E-state index in [1.807, 2.05) is 42.5 Å². The third-order valence-corrected chi connectivity index (χ3v) is 4.14. The molecule has 0 fully saturated rings. The predicted molar refractivity (Wildman–Crippen MR) is 106 cm³/mol. The van der Waals surface area contributed by atoms with Crippen molar-refractivity contribution in [2.24, 2.45) is 0 Å². The van der Waals surface area contributed by atoms with Gasteiger partial charge in [-0.3, -0.25) is 0 Å². The first kappa shape index (κ1) is 22.3. The van der Waals surface area contributed by atoms with E-state index in [-0.39, 0.29) is 12.9 Å². The van der Waals surface area contributed by atoms with Gasteiger partial charge in [0.1, 0.15) is 6.10 Å². The first-order valence-corrected chi connectivity index (χ1v) is 9.07. The van der Waals surface area contributed by atoms with Crippen molar-refractivity contribution in [3.8, 4) is 17.2 Å². The van der Waals surface area contributed by atoms with E-state index in [1.165, 1.54) is 0 Å². The molecule has 0 aromatic heterocycles. The fourth-order valence-electron chi connectivity index (χ4n) is 2.50. The molecule has 2 aromatic rings. The molecule has 1 aliphatic heterocycles. The predicted octanol–water partition coefficient (Wildman–Crippen LogP) is 3.30. The normalized spacial score (nSPS) is 12.7. The van der Waals surface area contributed by atoms with Crippen LogP contribution in [0.4, 0.5) is 0 Å². The van der Waals surface area contributed by atoms with Gasteiger partial charge in [-0.15, -0.1) is 0 Å². The number of hydrogen-bond acceptors (Lipinski definition) is 6. The van der Waals surface area contributed by atoms with E-state index < -0.39 is 11.9 Å². The molecule has 0 bridgehead atoms. The third kappa shape index (κ3) is 6.85. The van der Waals surface area contributed by atoms with E-state index in [4.69, 9.17) is 45.6 Å². The summed E-state index contributed by atoms with van der Waals surface area (Å²) < 4.78 is 17.2. The number of nitrogens with zero attached hydrogens (tertiary/aromatic N) is 1. The summed E-state index contributed by atoms with van der Waals surface area (Å²) in [6, 6.07) is 13.5. The molecule has 8 nitrogen and oxygen atoms in total. The van der Waals surface area contributed by atoms with Crippen LogP contribution >= 0.6 is 11.6 Å². The Morgan fingerprint density at radius 3 is 2.34 bits per heavy atom. The molecular formula is C20H22ClNO7. The molecule has 0 spiro atoms. The van der Waals surface area contributed by atoms with E-state index in [9.17, 15) is 0 Å². The average molecular weight is 424 g/mol. The lowest BCUT2D eigenvalue weighted by molar-refractivity contribution is -0.159. The van der Waals surface area contributed by atoms with Crippen molar-refractivity contribution in [2.75, 3.05) is 27.4 Å². The SMILES string of the molecule is CN(C)CCC(Oc1cccc2c1OCO2)c1ccc(Cl)cc1.O=C(O)C(=O)O. The lowest BCUT2D eigenvalue weighted by atomic mass is 10.1. The summed E-state index contributed by atoms with van der Waals surface area (Å²) in [5, 5.41) is 15.5. The molecule has 0 amide bonds. The van der Waals surface area contributed by atoms with Crippen molar-refractivity contribution in [3.05, 3.63) is 53.1 Å². The Kier molecular flexibility index (Phi) is 8.11. The lowest BCUT2D eigenvalue weighted by Crippen LogP contribution is -2.18. The molecule has 0 aliphatic carbocycles. The molecule has 0 saturated heterocycles. The van der Waals surface area contributed by atoms with Crippen LogP contribution in [0.5, 0.6) is 17.2 Å². The highest BCUT2D eigenvalue weighted by atomic mass is 35.5. The molecule has 156 valence electrons. The Morgan fingerprint density at radius 1 is 1.10 bits per heavy atom. The zero-order chi connectivity index (χ0) is 21.4. The van der Waals surface area contributed by atoms with Crippen molar-refractivity contribution < 1.29 is 34.0 Å². The van der Waals surface area contributed by atoms with E-state index in [0.29, 0.717) is 11.5 Å². The van der Waals surface area contributed by atoms with Crippen LogP contribution in [0, 0.1) is 0 Å². The highest BCUT2D eigenvalue weighted by Crippen LogP contribution is 2.42. The van der Waals surface area contributed by atoms with Crippen LogP contribution in [0.15, 0.2) is 42.5 Å². The third-order valence-electron chi connectivity index (χ3n) is 3.89. The van der Waals surface area contributed by atoms with Gasteiger partial charge in [0, 0.05) is 18.0 Å². The van der Waals surface area contributed by atoms with Gasteiger partial charge >= 0.3 is 11.9 Å². The van der Waals surface area contributed by atoms with Gasteiger partial charge < -0.3 is 29.3 Å². The molecule has 1 aliphatic rings. The van der Waals surface area contributed by atoms with E-state index in [1.54, 1.807) is 0 Å². The first-order valence-electron chi connectivity index (χ1n) is 8.69. The Hall–Kier alpha value is -2.97. The zero-order valence-electron chi connectivity index (χ0n) is 16.0. The van der Waals surface area contributed by atoms with E-state index in [0.717, 1.165) is 29.3 Å². The number of carboxylic acid groups (broad SMARTS) is 2. The number of fused-ring (bicyclic) bond motifs is 1. The minimum absolute atomic E-state index is 0.0784. The average Bonchev–Trinajstić information content (AvgIpc) is 3.16. The van der Waals surface area contributed by atoms with Crippen LogP contribution in [-0.2, 0) is 9.59 Å². The molecule has 2 aromatic carbocycles. The fraction of sp³-hybridized carbons (Fsp3) is 0.300. The molecule has 1 atom stereocenters. The summed E-state index contributed by atoms with van der Waals surface area (Å²) in [5.41, 5.74) is 1.09. The van der Waals surface area contributed by atoms with Crippen molar-refractivity contribution in [3.63, 3.8) is 0 Å². The highest BCUT2D eigenvalue weighted by molar-refractivity contribution is 6.30. The van der Waals surface area contributed by atoms with Crippen molar-refractivity contribution in [2.45, 2.75) is 12.5 Å². The molecule has 2 N–H and O–H groups in total. The van der Waals surface area contributed by atoms with Gasteiger partial charge in [-0.2, -0.15) is 0 Å². The van der Waals surface area contributed by atoms with Crippen LogP contribution in [0.2, 0.25) is 5.02 Å². The summed E-state index contributed by atoms with van der Waals surface area (Å²) in [6.45, 7) is 1.15. The Labute approximate surface area is 173 Å². The second-order valence-corrected chi connectivity index (χ2v) is 6.79. The minimum Gasteiger partial charge on any atom is -0.482 e. The summed E-state index contributed by atoms with van der Waals surface area (Å²) in [7, 11) is 4.10. The molecule has 3 rings (SSSR count). The van der Waals surface area contributed by atoms with Gasteiger partial charge in [0.2, 0.25) is 12.5 Å². The Bertz CT molecular complexity index is 827. The number of benzene rings is 2. The standard InChI is InChI=1S/C18H20ClNO3.C2H2O4/c1-20(2)11-10-15(13-6-8-14(19)9-7-13)23-17-5-3-4-16-18(17)22-12-21-16;3-1(4)2(5)6/h3-9,15H,10-12H2,1-2H3;(H,3,4)(H,5,6). The summed E-state index contributed by atoms with van der Waals surface area (Å²) in [4.78, 5) is 20.3. The lowest BCUT2D eigenvalue weighted by Gasteiger charge is -2.22. The fourth-order valence-corrected chi connectivity index (χ4v) is 2.62. The van der Waals surface area contributed by atoms with Gasteiger partial charge in [0.15, 0.2) is 11.5 Å². The van der Waals surface area contributed by atoms with Crippen LogP contribution in [-0.4, -0.2) is 54.5 Å². The smallest absolute Gasteiger partial charge is 0.414 e. The maximum absolute atomic E-state index is 9.10. The largest absolute Gasteiger partial charge is 0.482 e. The Balaban J connectivity index is 0.000000438. The van der Waals surface area contributed by atoms with Crippen LogP contribution < -0.4 is 14.2 Å². The number of ether oxygens (including phenoxy) is 3. The number of carboxylic acids is 2. The molecule has 9 heteroatoms. The van der Waals surface area contributed by atoms with Crippen molar-refractivity contribution in [1.82, 2.24) is 4.90 Å². The number of halogens is 1. The van der Waals surface area contributed by atoms with E-state index in [2.05, 4.69) is 19.0 Å². The molecule has 0 radical (unpaired) electrons. The van der Waals surface area contributed by atoms with Gasteiger partial charge in [0.25, 0.3) is 0 Å². The van der Waals surface area contributed by atoms with E-state index >= 15 is 0 Å². The van der Waals surface area contributed by atoms with Crippen LogP contribution in [0.25, 0.3) is 0 Å². The number of para-hydroxylation sites is 1. The molecule has 29 heavy (non-hydrogen) atoms. The van der Waals surface area contributed by atoms with Crippen LogP contribution in [0.1, 0.15) is 18.1 Å². The number of carbonyl (C=O) groups is 2. The van der Waals surface area contributed by atoms with Crippen LogP contribution in [0.3, 0.4) is 0 Å². The van der Waals surface area contributed by atoms with Gasteiger partial charge in [0.05, 0.1) is 0 Å². The number of hydrogen-bond donors (Lipinski definition) is 2. The van der Waals surface area contributed by atoms with Gasteiger partial charge in [-0.1, -0.05) is 29.8 Å². The molecule has 1 unspecified atom stereocenters. The molecule has 1 heterocycles. The summed E-state index contributed by atoms with van der Waals surface area (Å²) in [5.74, 6) is -1.54. The highest BCUT2D eigenvalue weighted by Gasteiger charge is 2.22. The summed E-state index contributed by atoms with van der Waals surface area (Å²) >= 11 is 6.00. The van der Waals surface area contributed by atoms with Gasteiger partial charge in [-0.05, 0) is 43.9 Å². The molecule has 0 saturated carbocycles. The summed E-state index contributed by atoms with van der Waals surface area (Å²) in [6.07, 6.45) is 0.782. The maximum Gasteiger partial charge on any atom is 0.414 e. The number of aliphatic carboxylic acids is 2. The quantitative estimate of drug-likeness (QED) is 0.682. The van der Waals surface area contributed by atoms with Crippen molar-refractivity contribution in [1.29, 1.82) is 0 Å². The monoisotopic (exact) mass is 423 g/mol. The van der Waals surface area contributed by atoms with Gasteiger partial charge in [-0.25, -0.2) is 9.59 Å². The Morgan fingerprint density at radius 2 is 1.76 bits per heavy atom. The second-order valence-electron chi connectivity index (χ2n) is 6.35. The maximum atomic E-state index is 9.10. The number of rotatable bonds is 6. The topological polar surface area (TPSA) is 106 Å². The second kappa shape index (κ2) is 10.5. The van der Waals surface area contributed by atoms with Crippen molar-refractivity contribution >= 4 is 23.5 Å².